The molecule has 1 fully saturated rings. The predicted molar refractivity (Wildman–Crippen MR) is 130 cm³/mol. The summed E-state index contributed by atoms with van der Waals surface area (Å²) in [4.78, 5) is 31.3. The second-order valence-electron chi connectivity index (χ2n) is 8.53. The lowest BCUT2D eigenvalue weighted by molar-refractivity contribution is 0.0353. The topological polar surface area (TPSA) is 72.2 Å². The summed E-state index contributed by atoms with van der Waals surface area (Å²) in [5.41, 5.74) is 1.32. The van der Waals surface area contributed by atoms with E-state index >= 15 is 0 Å². The van der Waals surface area contributed by atoms with Crippen LogP contribution in [0.25, 0.3) is 11.0 Å². The molecule has 8 heteroatoms. The van der Waals surface area contributed by atoms with Gasteiger partial charge in [0.25, 0.3) is 5.91 Å². The van der Waals surface area contributed by atoms with Gasteiger partial charge in [0.05, 0.1) is 36.8 Å². The molecule has 2 aliphatic heterocycles. The van der Waals surface area contributed by atoms with E-state index in [1.807, 2.05) is 25.1 Å². The Morgan fingerprint density at radius 1 is 1.09 bits per heavy atom. The molecule has 1 unspecified atom stereocenters. The van der Waals surface area contributed by atoms with Gasteiger partial charge >= 0.3 is 0 Å². The zero-order valence-electron chi connectivity index (χ0n) is 19.1. The fourth-order valence-electron chi connectivity index (χ4n) is 4.80. The Hall–Kier alpha value is -2.87. The van der Waals surface area contributed by atoms with Gasteiger partial charge < -0.3 is 18.8 Å². The third-order valence-electron chi connectivity index (χ3n) is 6.39. The number of nitrogens with zero attached hydrogens (tertiary/aromatic N) is 2. The first-order valence-corrected chi connectivity index (χ1v) is 12.0. The van der Waals surface area contributed by atoms with Crippen LogP contribution < -0.4 is 10.2 Å². The highest BCUT2D eigenvalue weighted by Crippen LogP contribution is 2.39. The minimum Gasteiger partial charge on any atom is -0.494 e. The first-order valence-electron chi connectivity index (χ1n) is 11.7. The van der Waals surface area contributed by atoms with Crippen LogP contribution in [-0.4, -0.2) is 61.7 Å². The number of ether oxygens (including phenoxy) is 2. The molecular weight excluding hydrogens is 456 g/mol. The summed E-state index contributed by atoms with van der Waals surface area (Å²) in [5.74, 6) is 0.419. The molecule has 0 saturated carbocycles. The SMILES string of the molecule is CCOc1ccc2c(=O)c3c(oc2c1)C(=O)N(CCCN1CCOCC1)C3c1cccc(Cl)c1. The van der Waals surface area contributed by atoms with Crippen molar-refractivity contribution in [1.82, 2.24) is 9.80 Å². The summed E-state index contributed by atoms with van der Waals surface area (Å²) < 4.78 is 17.0. The number of amides is 1. The van der Waals surface area contributed by atoms with Crippen molar-refractivity contribution >= 4 is 28.5 Å². The molecule has 0 N–H and O–H groups in total. The molecule has 7 nitrogen and oxygen atoms in total. The standard InChI is InChI=1S/C26H27ClN2O5/c1-2-33-19-7-8-20-21(16-19)34-25-22(24(20)30)23(17-5-3-6-18(27)15-17)29(26(25)31)10-4-9-28-11-13-32-14-12-28/h3,5-8,15-16,23H,2,4,9-14H2,1H3. The summed E-state index contributed by atoms with van der Waals surface area (Å²) >= 11 is 6.28. The normalized spacial score (nSPS) is 18.5. The van der Waals surface area contributed by atoms with Crippen molar-refractivity contribution in [1.29, 1.82) is 0 Å². The fourth-order valence-corrected chi connectivity index (χ4v) is 5.00. The lowest BCUT2D eigenvalue weighted by atomic mass is 9.98. The maximum absolute atomic E-state index is 13.6. The average molecular weight is 483 g/mol. The highest BCUT2D eigenvalue weighted by Gasteiger charge is 2.42. The van der Waals surface area contributed by atoms with Crippen LogP contribution in [-0.2, 0) is 4.74 Å². The molecule has 2 aliphatic rings. The second kappa shape index (κ2) is 9.78. The molecule has 1 saturated heterocycles. The van der Waals surface area contributed by atoms with Gasteiger partial charge in [0, 0.05) is 37.3 Å². The highest BCUT2D eigenvalue weighted by atomic mass is 35.5. The van der Waals surface area contributed by atoms with Gasteiger partial charge in [-0.05, 0) is 43.2 Å². The summed E-state index contributed by atoms with van der Waals surface area (Å²) in [5, 5.41) is 0.982. The van der Waals surface area contributed by atoms with Crippen LogP contribution in [0.2, 0.25) is 5.02 Å². The summed E-state index contributed by atoms with van der Waals surface area (Å²) in [6.45, 7) is 6.97. The van der Waals surface area contributed by atoms with Crippen LogP contribution in [0.3, 0.4) is 0 Å². The summed E-state index contributed by atoms with van der Waals surface area (Å²) in [6, 6.07) is 11.9. The van der Waals surface area contributed by atoms with Crippen molar-refractivity contribution in [2.45, 2.75) is 19.4 Å². The monoisotopic (exact) mass is 482 g/mol. The molecule has 5 rings (SSSR count). The number of hydrogen-bond donors (Lipinski definition) is 0. The number of carbonyl (C=O) groups excluding carboxylic acids is 1. The highest BCUT2D eigenvalue weighted by molar-refractivity contribution is 6.30. The van der Waals surface area contributed by atoms with Gasteiger partial charge in [-0.2, -0.15) is 0 Å². The Morgan fingerprint density at radius 2 is 1.91 bits per heavy atom. The molecule has 0 spiro atoms. The van der Waals surface area contributed by atoms with Crippen molar-refractivity contribution < 1.29 is 18.7 Å². The molecule has 1 amide bonds. The molecule has 34 heavy (non-hydrogen) atoms. The van der Waals surface area contributed by atoms with Crippen molar-refractivity contribution in [2.75, 3.05) is 46.0 Å². The Kier molecular flexibility index (Phi) is 6.59. The molecule has 1 aromatic heterocycles. The number of benzene rings is 2. The number of fused-ring (bicyclic) bond motifs is 2. The van der Waals surface area contributed by atoms with Gasteiger partial charge in [0.15, 0.2) is 5.43 Å². The molecule has 2 aromatic carbocycles. The van der Waals surface area contributed by atoms with Crippen LogP contribution in [0.4, 0.5) is 0 Å². The first-order chi connectivity index (χ1) is 16.6. The minimum atomic E-state index is -0.543. The molecule has 0 aliphatic carbocycles. The second-order valence-corrected chi connectivity index (χ2v) is 8.97. The van der Waals surface area contributed by atoms with Gasteiger partial charge in [-0.1, -0.05) is 23.7 Å². The Labute approximate surface area is 202 Å². The van der Waals surface area contributed by atoms with E-state index in [0.29, 0.717) is 40.5 Å². The molecule has 0 radical (unpaired) electrons. The van der Waals surface area contributed by atoms with E-state index in [-0.39, 0.29) is 17.1 Å². The van der Waals surface area contributed by atoms with Crippen LogP contribution in [0.5, 0.6) is 5.75 Å². The van der Waals surface area contributed by atoms with Gasteiger partial charge in [0.1, 0.15) is 11.3 Å². The third-order valence-corrected chi connectivity index (χ3v) is 6.63. The Balaban J connectivity index is 1.53. The molecule has 3 aromatic rings. The zero-order chi connectivity index (χ0) is 23.7. The zero-order valence-corrected chi connectivity index (χ0v) is 19.8. The van der Waals surface area contributed by atoms with Crippen molar-refractivity contribution in [3.05, 3.63) is 74.6 Å². The number of carbonyl (C=O) groups is 1. The van der Waals surface area contributed by atoms with Crippen LogP contribution in [0.15, 0.2) is 51.7 Å². The number of hydrogen-bond acceptors (Lipinski definition) is 6. The van der Waals surface area contributed by atoms with Crippen LogP contribution >= 0.6 is 11.6 Å². The molecule has 3 heterocycles. The van der Waals surface area contributed by atoms with Gasteiger partial charge in [-0.3, -0.25) is 14.5 Å². The summed E-state index contributed by atoms with van der Waals surface area (Å²) in [6.07, 6.45) is 0.777. The lowest BCUT2D eigenvalue weighted by Crippen LogP contribution is -2.38. The van der Waals surface area contributed by atoms with E-state index in [1.54, 1.807) is 29.2 Å². The minimum absolute atomic E-state index is 0.0995. The maximum atomic E-state index is 13.6. The van der Waals surface area contributed by atoms with Crippen molar-refractivity contribution in [3.8, 4) is 5.75 Å². The maximum Gasteiger partial charge on any atom is 0.290 e. The fraction of sp³-hybridized carbons (Fsp3) is 0.385. The Bertz CT molecular complexity index is 1270. The van der Waals surface area contributed by atoms with E-state index < -0.39 is 6.04 Å². The molecular formula is C26H27ClN2O5. The number of rotatable bonds is 7. The number of halogens is 1. The van der Waals surface area contributed by atoms with Crippen molar-refractivity contribution in [2.24, 2.45) is 0 Å². The smallest absolute Gasteiger partial charge is 0.290 e. The average Bonchev–Trinajstić information content (AvgIpc) is 3.12. The molecule has 1 atom stereocenters. The quantitative estimate of drug-likeness (QED) is 0.504. The third kappa shape index (κ3) is 4.31. The van der Waals surface area contributed by atoms with Gasteiger partial charge in [-0.25, -0.2) is 0 Å². The number of morpholine rings is 1. The van der Waals surface area contributed by atoms with E-state index in [1.165, 1.54) is 0 Å². The largest absolute Gasteiger partial charge is 0.494 e. The van der Waals surface area contributed by atoms with Crippen LogP contribution in [0.1, 0.15) is 41.1 Å². The predicted octanol–water partition coefficient (Wildman–Crippen LogP) is 4.11. The van der Waals surface area contributed by atoms with E-state index in [9.17, 15) is 9.59 Å². The van der Waals surface area contributed by atoms with E-state index in [4.69, 9.17) is 25.5 Å². The van der Waals surface area contributed by atoms with Gasteiger partial charge in [0.2, 0.25) is 5.76 Å². The lowest BCUT2D eigenvalue weighted by Gasteiger charge is -2.29. The molecule has 0 bridgehead atoms. The van der Waals surface area contributed by atoms with Crippen molar-refractivity contribution in [3.63, 3.8) is 0 Å². The van der Waals surface area contributed by atoms with Gasteiger partial charge in [-0.15, -0.1) is 0 Å². The summed E-state index contributed by atoms with van der Waals surface area (Å²) in [7, 11) is 0. The van der Waals surface area contributed by atoms with Crippen LogP contribution in [0, 0.1) is 0 Å². The Morgan fingerprint density at radius 3 is 2.68 bits per heavy atom. The van der Waals surface area contributed by atoms with E-state index in [2.05, 4.69) is 4.90 Å². The molecule has 178 valence electrons. The first kappa shape index (κ1) is 22.9. The van der Waals surface area contributed by atoms with E-state index in [0.717, 1.165) is 44.8 Å².